The first-order chi connectivity index (χ1) is 4.54. The Balaban J connectivity index is 3.30. The summed E-state index contributed by atoms with van der Waals surface area (Å²) < 4.78 is 0. The smallest absolute Gasteiger partial charge is 0.0563 e. The van der Waals surface area contributed by atoms with Crippen LogP contribution in [0.4, 0.5) is 0 Å². The third-order valence-electron chi connectivity index (χ3n) is 1.81. The van der Waals surface area contributed by atoms with Gasteiger partial charge in [-0.3, -0.25) is 0 Å². The van der Waals surface area contributed by atoms with Crippen LogP contribution in [0.5, 0.6) is 0 Å². The van der Waals surface area contributed by atoms with Crippen molar-refractivity contribution in [2.24, 2.45) is 11.8 Å². The molecule has 0 aromatic heterocycles. The maximum absolute atomic E-state index is 9.38. The molecule has 62 valence electrons. The summed E-state index contributed by atoms with van der Waals surface area (Å²) in [5.74, 6) is 1.13. The minimum atomic E-state index is -0.0950. The van der Waals surface area contributed by atoms with Crippen molar-refractivity contribution in [3.63, 3.8) is 0 Å². The maximum Gasteiger partial charge on any atom is 0.0563 e. The first-order valence-corrected chi connectivity index (χ1v) is 4.22. The zero-order valence-electron chi connectivity index (χ0n) is 7.59. The van der Waals surface area contributed by atoms with E-state index in [1.165, 1.54) is 0 Å². The lowest BCUT2D eigenvalue weighted by atomic mass is 9.98. The summed E-state index contributed by atoms with van der Waals surface area (Å²) in [4.78, 5) is 0. The Morgan fingerprint density at radius 2 is 1.50 bits per heavy atom. The molecule has 1 atom stereocenters. The van der Waals surface area contributed by atoms with Crippen LogP contribution >= 0.6 is 0 Å². The maximum atomic E-state index is 9.38. The van der Waals surface area contributed by atoms with Crippen LogP contribution in [0.25, 0.3) is 0 Å². The lowest BCUT2D eigenvalue weighted by molar-refractivity contribution is 0.110. The fourth-order valence-electron chi connectivity index (χ4n) is 0.837. The van der Waals surface area contributed by atoms with Gasteiger partial charge in [0, 0.05) is 0 Å². The summed E-state index contributed by atoms with van der Waals surface area (Å²) in [5, 5.41) is 9.38. The van der Waals surface area contributed by atoms with Gasteiger partial charge in [-0.2, -0.15) is 0 Å². The van der Waals surface area contributed by atoms with Gasteiger partial charge >= 0.3 is 0 Å². The van der Waals surface area contributed by atoms with E-state index in [1.54, 1.807) is 0 Å². The lowest BCUT2D eigenvalue weighted by Gasteiger charge is -2.14. The second-order valence-corrected chi connectivity index (χ2v) is 3.78. The van der Waals surface area contributed by atoms with Gasteiger partial charge in [0.1, 0.15) is 0 Å². The van der Waals surface area contributed by atoms with Gasteiger partial charge in [0.25, 0.3) is 0 Å². The van der Waals surface area contributed by atoms with Crippen LogP contribution in [0, 0.1) is 11.8 Å². The highest BCUT2D eigenvalue weighted by atomic mass is 16.3. The van der Waals surface area contributed by atoms with Gasteiger partial charge in [-0.05, 0) is 24.7 Å². The monoisotopic (exact) mass is 144 g/mol. The standard InChI is InChI=1S/C9H20O/c1-7(2)5-6-9(10)8(3)4/h7-10H,5-6H2,1-4H3/t9-/m0/s1. The van der Waals surface area contributed by atoms with Crippen LogP contribution in [-0.4, -0.2) is 11.2 Å². The third kappa shape index (κ3) is 4.80. The molecule has 1 nitrogen and oxygen atoms in total. The predicted molar refractivity (Wildman–Crippen MR) is 44.9 cm³/mol. The van der Waals surface area contributed by atoms with Crippen molar-refractivity contribution >= 4 is 0 Å². The molecule has 0 aliphatic carbocycles. The van der Waals surface area contributed by atoms with Gasteiger partial charge in [-0.15, -0.1) is 0 Å². The topological polar surface area (TPSA) is 20.2 Å². The number of hydrogen-bond acceptors (Lipinski definition) is 1. The van der Waals surface area contributed by atoms with Crippen molar-refractivity contribution in [1.82, 2.24) is 0 Å². The van der Waals surface area contributed by atoms with Crippen molar-refractivity contribution in [3.8, 4) is 0 Å². The molecule has 0 amide bonds. The van der Waals surface area contributed by atoms with Gasteiger partial charge in [0.2, 0.25) is 0 Å². The lowest BCUT2D eigenvalue weighted by Crippen LogP contribution is -2.14. The Kier molecular flexibility index (Phi) is 4.71. The second-order valence-electron chi connectivity index (χ2n) is 3.78. The molecule has 0 aromatic rings. The van der Waals surface area contributed by atoms with Crippen LogP contribution in [0.2, 0.25) is 0 Å². The molecule has 0 aromatic carbocycles. The minimum absolute atomic E-state index is 0.0950. The van der Waals surface area contributed by atoms with E-state index < -0.39 is 0 Å². The molecule has 1 N–H and O–H groups in total. The highest BCUT2D eigenvalue weighted by molar-refractivity contribution is 4.60. The Hall–Kier alpha value is -0.0400. The molecule has 0 fully saturated rings. The molecule has 1 heteroatoms. The van der Waals surface area contributed by atoms with Crippen molar-refractivity contribution in [2.75, 3.05) is 0 Å². The molecule has 0 spiro atoms. The van der Waals surface area contributed by atoms with Gasteiger partial charge in [0.05, 0.1) is 6.10 Å². The van der Waals surface area contributed by atoms with Crippen LogP contribution in [0.1, 0.15) is 40.5 Å². The summed E-state index contributed by atoms with van der Waals surface area (Å²) in [6.07, 6.45) is 2.00. The summed E-state index contributed by atoms with van der Waals surface area (Å²) in [6.45, 7) is 8.50. The number of hydrogen-bond donors (Lipinski definition) is 1. The summed E-state index contributed by atoms with van der Waals surface area (Å²) >= 11 is 0. The van der Waals surface area contributed by atoms with E-state index in [-0.39, 0.29) is 6.10 Å². The fraction of sp³-hybridized carbons (Fsp3) is 1.00. The van der Waals surface area contributed by atoms with E-state index in [1.807, 2.05) is 0 Å². The van der Waals surface area contributed by atoms with Crippen LogP contribution in [-0.2, 0) is 0 Å². The van der Waals surface area contributed by atoms with Crippen molar-refractivity contribution in [2.45, 2.75) is 46.6 Å². The van der Waals surface area contributed by atoms with E-state index in [0.29, 0.717) is 11.8 Å². The molecular weight excluding hydrogens is 124 g/mol. The molecule has 0 radical (unpaired) electrons. The fourth-order valence-corrected chi connectivity index (χ4v) is 0.837. The largest absolute Gasteiger partial charge is 0.393 e. The molecule has 0 aliphatic heterocycles. The Morgan fingerprint density at radius 1 is 1.00 bits per heavy atom. The molecule has 0 aliphatic rings. The van der Waals surface area contributed by atoms with Crippen molar-refractivity contribution < 1.29 is 5.11 Å². The molecule has 0 bridgehead atoms. The number of aliphatic hydroxyl groups is 1. The average molecular weight is 144 g/mol. The number of rotatable bonds is 4. The highest BCUT2D eigenvalue weighted by Crippen LogP contribution is 2.12. The van der Waals surface area contributed by atoms with Gasteiger partial charge < -0.3 is 5.11 Å². The van der Waals surface area contributed by atoms with Gasteiger partial charge in [-0.25, -0.2) is 0 Å². The zero-order chi connectivity index (χ0) is 8.15. The Bertz CT molecular complexity index is 76.8. The molecule has 10 heavy (non-hydrogen) atoms. The summed E-state index contributed by atoms with van der Waals surface area (Å²) in [6, 6.07) is 0. The van der Waals surface area contributed by atoms with Gasteiger partial charge in [-0.1, -0.05) is 27.7 Å². The average Bonchev–Trinajstić information content (AvgIpc) is 1.82. The molecule has 0 saturated heterocycles. The highest BCUT2D eigenvalue weighted by Gasteiger charge is 2.08. The predicted octanol–water partition coefficient (Wildman–Crippen LogP) is 2.44. The third-order valence-corrected chi connectivity index (χ3v) is 1.81. The van der Waals surface area contributed by atoms with Crippen LogP contribution in [0.3, 0.4) is 0 Å². The number of aliphatic hydroxyl groups excluding tert-OH is 1. The van der Waals surface area contributed by atoms with Crippen molar-refractivity contribution in [1.29, 1.82) is 0 Å². The van der Waals surface area contributed by atoms with E-state index in [9.17, 15) is 5.11 Å². The summed E-state index contributed by atoms with van der Waals surface area (Å²) in [5.41, 5.74) is 0. The van der Waals surface area contributed by atoms with Gasteiger partial charge in [0.15, 0.2) is 0 Å². The molecule has 0 heterocycles. The first kappa shape index (κ1) is 9.96. The zero-order valence-corrected chi connectivity index (χ0v) is 7.59. The van der Waals surface area contributed by atoms with Crippen molar-refractivity contribution in [3.05, 3.63) is 0 Å². The molecule has 0 unspecified atom stereocenters. The molecule has 0 saturated carbocycles. The van der Waals surface area contributed by atoms with E-state index in [2.05, 4.69) is 27.7 Å². The van der Waals surface area contributed by atoms with Crippen LogP contribution < -0.4 is 0 Å². The molecular formula is C9H20O. The quantitative estimate of drug-likeness (QED) is 0.642. The minimum Gasteiger partial charge on any atom is -0.393 e. The van der Waals surface area contributed by atoms with E-state index in [0.717, 1.165) is 12.8 Å². The Morgan fingerprint density at radius 3 is 1.80 bits per heavy atom. The van der Waals surface area contributed by atoms with Crippen LogP contribution in [0.15, 0.2) is 0 Å². The van der Waals surface area contributed by atoms with E-state index >= 15 is 0 Å². The Labute approximate surface area is 64.5 Å². The normalized spacial score (nSPS) is 14.7. The second kappa shape index (κ2) is 4.73. The first-order valence-electron chi connectivity index (χ1n) is 4.22. The van der Waals surface area contributed by atoms with E-state index in [4.69, 9.17) is 0 Å². The molecule has 0 rings (SSSR count). The SMILES string of the molecule is CC(C)CC[C@H](O)C(C)C. The summed E-state index contributed by atoms with van der Waals surface area (Å²) in [7, 11) is 0.